The highest BCUT2D eigenvalue weighted by Gasteiger charge is 2.30. The Balaban J connectivity index is 2.46. The van der Waals surface area contributed by atoms with Crippen LogP contribution in [0.3, 0.4) is 0 Å². The zero-order chi connectivity index (χ0) is 12.6. The summed E-state index contributed by atoms with van der Waals surface area (Å²) in [5, 5.41) is 9.06. The number of amides is 1. The molecule has 1 atom stereocenters. The van der Waals surface area contributed by atoms with E-state index >= 15 is 0 Å². The van der Waals surface area contributed by atoms with Gasteiger partial charge in [0.2, 0.25) is 5.91 Å². The summed E-state index contributed by atoms with van der Waals surface area (Å²) in [6.07, 6.45) is 0.342. The molecule has 1 amide bonds. The summed E-state index contributed by atoms with van der Waals surface area (Å²) < 4.78 is 0.743. The molecule has 0 spiro atoms. The van der Waals surface area contributed by atoms with Gasteiger partial charge in [0, 0.05) is 22.7 Å². The molecule has 1 saturated heterocycles. The monoisotopic (exact) mass is 315 g/mol. The van der Waals surface area contributed by atoms with Gasteiger partial charge in [-0.15, -0.1) is 0 Å². The van der Waals surface area contributed by atoms with Crippen LogP contribution in [-0.2, 0) is 4.79 Å². The number of benzene rings is 1. The summed E-state index contributed by atoms with van der Waals surface area (Å²) in [7, 11) is 0. The van der Waals surface area contributed by atoms with Gasteiger partial charge in [-0.25, -0.2) is 4.79 Å². The average Bonchev–Trinajstić information content (AvgIpc) is 2.57. The number of hydrogen-bond acceptors (Lipinski definition) is 3. The molecule has 90 valence electrons. The van der Waals surface area contributed by atoms with Crippen LogP contribution in [0.4, 0.5) is 5.69 Å². The molecule has 1 aromatic rings. The predicted octanol–water partition coefficient (Wildman–Crippen LogP) is 2.18. The van der Waals surface area contributed by atoms with Crippen LogP contribution in [-0.4, -0.2) is 28.8 Å². The number of thiol groups is 1. The summed E-state index contributed by atoms with van der Waals surface area (Å²) >= 11 is 7.53. The first kappa shape index (κ1) is 12.4. The molecule has 2 rings (SSSR count). The van der Waals surface area contributed by atoms with Crippen molar-refractivity contribution in [2.75, 3.05) is 11.4 Å². The van der Waals surface area contributed by atoms with Crippen molar-refractivity contribution in [2.24, 2.45) is 0 Å². The number of hydrogen-bond donors (Lipinski definition) is 2. The third kappa shape index (κ3) is 2.47. The Hall–Kier alpha value is -1.01. The van der Waals surface area contributed by atoms with Crippen LogP contribution in [0, 0.1) is 0 Å². The zero-order valence-corrected chi connectivity index (χ0v) is 11.2. The van der Waals surface area contributed by atoms with Gasteiger partial charge in [0.25, 0.3) is 0 Å². The number of aromatic carboxylic acids is 1. The maximum absolute atomic E-state index is 11.7. The number of nitrogens with zero attached hydrogens (tertiary/aromatic N) is 1. The summed E-state index contributed by atoms with van der Waals surface area (Å²) in [4.78, 5) is 24.3. The molecular weight excluding hydrogens is 306 g/mol. The topological polar surface area (TPSA) is 57.6 Å². The number of rotatable bonds is 2. The van der Waals surface area contributed by atoms with Gasteiger partial charge in [0.1, 0.15) is 0 Å². The van der Waals surface area contributed by atoms with Crippen molar-refractivity contribution in [2.45, 2.75) is 11.7 Å². The first-order chi connectivity index (χ1) is 7.99. The van der Waals surface area contributed by atoms with Gasteiger partial charge in [-0.05, 0) is 18.2 Å². The smallest absolute Gasteiger partial charge is 0.337 e. The highest BCUT2D eigenvalue weighted by Crippen LogP contribution is 2.30. The molecular formula is C11H10BrNO3S. The van der Waals surface area contributed by atoms with Gasteiger partial charge in [0.15, 0.2) is 0 Å². The minimum Gasteiger partial charge on any atom is -0.478 e. The van der Waals surface area contributed by atoms with Crippen LogP contribution < -0.4 is 4.90 Å². The van der Waals surface area contributed by atoms with Crippen LogP contribution >= 0.6 is 28.6 Å². The Labute approximate surface area is 112 Å². The quantitative estimate of drug-likeness (QED) is 0.822. The molecule has 1 aliphatic heterocycles. The van der Waals surface area contributed by atoms with Gasteiger partial charge in [0.05, 0.1) is 11.3 Å². The standard InChI is InChI=1S/C11H10BrNO3S/c12-6-1-2-8(11(15)16)9(3-6)13-5-7(17)4-10(13)14/h1-3,7,17H,4-5H2,(H,15,16). The van der Waals surface area contributed by atoms with Crippen LogP contribution in [0.2, 0.25) is 0 Å². The molecule has 4 nitrogen and oxygen atoms in total. The Bertz CT molecular complexity index is 492. The van der Waals surface area contributed by atoms with Crippen LogP contribution in [0.1, 0.15) is 16.8 Å². The summed E-state index contributed by atoms with van der Waals surface area (Å²) in [6, 6.07) is 4.78. The number of anilines is 1. The van der Waals surface area contributed by atoms with E-state index in [1.807, 2.05) is 0 Å². The van der Waals surface area contributed by atoms with Crippen molar-refractivity contribution in [1.82, 2.24) is 0 Å². The van der Waals surface area contributed by atoms with Gasteiger partial charge in [-0.3, -0.25) is 4.79 Å². The highest BCUT2D eigenvalue weighted by molar-refractivity contribution is 9.10. The Morgan fingerprint density at radius 3 is 2.76 bits per heavy atom. The van der Waals surface area contributed by atoms with Gasteiger partial charge in [-0.1, -0.05) is 15.9 Å². The van der Waals surface area contributed by atoms with E-state index in [0.29, 0.717) is 18.7 Å². The lowest BCUT2D eigenvalue weighted by atomic mass is 10.1. The Kier molecular flexibility index (Phi) is 3.44. The second kappa shape index (κ2) is 4.70. The molecule has 17 heavy (non-hydrogen) atoms. The lowest BCUT2D eigenvalue weighted by molar-refractivity contribution is -0.117. The van der Waals surface area contributed by atoms with E-state index in [2.05, 4.69) is 28.6 Å². The average molecular weight is 316 g/mol. The normalized spacial score (nSPS) is 19.8. The molecule has 0 aliphatic carbocycles. The van der Waals surface area contributed by atoms with Crippen molar-refractivity contribution in [3.8, 4) is 0 Å². The van der Waals surface area contributed by atoms with Crippen molar-refractivity contribution in [1.29, 1.82) is 0 Å². The van der Waals surface area contributed by atoms with Crippen LogP contribution in [0.15, 0.2) is 22.7 Å². The highest BCUT2D eigenvalue weighted by atomic mass is 79.9. The van der Waals surface area contributed by atoms with E-state index in [-0.39, 0.29) is 16.7 Å². The number of carbonyl (C=O) groups is 2. The number of carbonyl (C=O) groups excluding carboxylic acids is 1. The second-order valence-electron chi connectivity index (χ2n) is 3.83. The Morgan fingerprint density at radius 1 is 1.53 bits per heavy atom. The summed E-state index contributed by atoms with van der Waals surface area (Å²) in [5.41, 5.74) is 0.553. The molecule has 0 bridgehead atoms. The van der Waals surface area contributed by atoms with Crippen molar-refractivity contribution >= 4 is 46.1 Å². The summed E-state index contributed by atoms with van der Waals surface area (Å²) in [5.74, 6) is -1.13. The maximum atomic E-state index is 11.7. The van der Waals surface area contributed by atoms with Gasteiger partial charge >= 0.3 is 5.97 Å². The number of carboxylic acids is 1. The van der Waals surface area contributed by atoms with Gasteiger partial charge in [-0.2, -0.15) is 12.6 Å². The SMILES string of the molecule is O=C(O)c1ccc(Br)cc1N1CC(S)CC1=O. The molecule has 1 aromatic carbocycles. The summed E-state index contributed by atoms with van der Waals surface area (Å²) in [6.45, 7) is 0.443. The molecule has 1 aliphatic rings. The molecule has 1 heterocycles. The van der Waals surface area contributed by atoms with Crippen LogP contribution in [0.25, 0.3) is 0 Å². The lowest BCUT2D eigenvalue weighted by Gasteiger charge is -2.18. The number of halogens is 1. The Morgan fingerprint density at radius 2 is 2.24 bits per heavy atom. The van der Waals surface area contributed by atoms with Gasteiger partial charge < -0.3 is 10.0 Å². The fourth-order valence-electron chi connectivity index (χ4n) is 1.83. The number of carboxylic acid groups (broad SMARTS) is 1. The molecule has 1 N–H and O–H groups in total. The lowest BCUT2D eigenvalue weighted by Crippen LogP contribution is -2.26. The molecule has 1 unspecified atom stereocenters. The molecule has 6 heteroatoms. The zero-order valence-electron chi connectivity index (χ0n) is 8.76. The minimum absolute atomic E-state index is 0.0388. The van der Waals surface area contributed by atoms with E-state index in [1.54, 1.807) is 12.1 Å². The fourth-order valence-corrected chi connectivity index (χ4v) is 2.50. The predicted molar refractivity (Wildman–Crippen MR) is 70.8 cm³/mol. The minimum atomic E-state index is -1.04. The van der Waals surface area contributed by atoms with Crippen molar-refractivity contribution in [3.05, 3.63) is 28.2 Å². The third-order valence-corrected chi connectivity index (χ3v) is 3.42. The van der Waals surface area contributed by atoms with Crippen LogP contribution in [0.5, 0.6) is 0 Å². The van der Waals surface area contributed by atoms with E-state index in [0.717, 1.165) is 4.47 Å². The fraction of sp³-hybridized carbons (Fsp3) is 0.273. The first-order valence-corrected chi connectivity index (χ1v) is 6.31. The van der Waals surface area contributed by atoms with E-state index in [9.17, 15) is 9.59 Å². The van der Waals surface area contributed by atoms with E-state index < -0.39 is 5.97 Å². The van der Waals surface area contributed by atoms with Crippen molar-refractivity contribution in [3.63, 3.8) is 0 Å². The maximum Gasteiger partial charge on any atom is 0.337 e. The second-order valence-corrected chi connectivity index (χ2v) is 5.47. The molecule has 1 fully saturated rings. The molecule has 0 saturated carbocycles. The van der Waals surface area contributed by atoms with E-state index in [1.165, 1.54) is 11.0 Å². The molecule has 0 aromatic heterocycles. The third-order valence-electron chi connectivity index (χ3n) is 2.59. The van der Waals surface area contributed by atoms with E-state index in [4.69, 9.17) is 5.11 Å². The first-order valence-electron chi connectivity index (χ1n) is 5.00. The van der Waals surface area contributed by atoms with Crippen molar-refractivity contribution < 1.29 is 14.7 Å². The molecule has 0 radical (unpaired) electrons. The largest absolute Gasteiger partial charge is 0.478 e.